The molecule has 1 aromatic carbocycles. The van der Waals surface area contributed by atoms with E-state index in [0.717, 1.165) is 0 Å². The normalized spacial score (nSPS) is 11.2. The molecule has 0 aliphatic rings. The Bertz CT molecular complexity index is 271. The van der Waals surface area contributed by atoms with Gasteiger partial charge in [-0.3, -0.25) is 0 Å². The number of rotatable bonds is 3. The van der Waals surface area contributed by atoms with Crippen molar-refractivity contribution in [1.82, 2.24) is 0 Å². The minimum atomic E-state index is -0.222. The lowest BCUT2D eigenvalue weighted by Gasteiger charge is -2.01. The predicted molar refractivity (Wildman–Crippen MR) is 66.4 cm³/mol. The molecule has 0 saturated heterocycles. The third-order valence-electron chi connectivity index (χ3n) is 1.58. The Morgan fingerprint density at radius 3 is 2.75 bits per heavy atom. The van der Waals surface area contributed by atoms with Gasteiger partial charge in [0.25, 0.3) is 0 Å². The van der Waals surface area contributed by atoms with Crippen LogP contribution in [0.25, 0.3) is 6.08 Å². The van der Waals surface area contributed by atoms with E-state index in [2.05, 4.69) is 62.7 Å². The van der Waals surface area contributed by atoms with Crippen LogP contribution in [0.2, 0.25) is 0 Å². The van der Waals surface area contributed by atoms with E-state index in [0.29, 0.717) is 3.36 Å². The standard InChI is InChI=1S/C9H10Br2Si/c1-2-7-4-3-5-8(6-7)12-9(10)11/h2-6,9H,1,12H2. The van der Waals surface area contributed by atoms with Gasteiger partial charge in [-0.2, -0.15) is 0 Å². The summed E-state index contributed by atoms with van der Waals surface area (Å²) in [6.07, 6.45) is 1.88. The fraction of sp³-hybridized carbons (Fsp3) is 0.111. The van der Waals surface area contributed by atoms with E-state index in [1.165, 1.54) is 10.8 Å². The van der Waals surface area contributed by atoms with Crippen molar-refractivity contribution >= 4 is 52.6 Å². The maximum Gasteiger partial charge on any atom is 0.0833 e. The van der Waals surface area contributed by atoms with E-state index in [-0.39, 0.29) is 9.52 Å². The van der Waals surface area contributed by atoms with Crippen LogP contribution in [-0.4, -0.2) is 12.9 Å². The molecule has 64 valence electrons. The second kappa shape index (κ2) is 4.99. The highest BCUT2D eigenvalue weighted by molar-refractivity contribution is 9.25. The van der Waals surface area contributed by atoms with E-state index < -0.39 is 0 Å². The monoisotopic (exact) mass is 304 g/mol. The molecule has 0 saturated carbocycles. The van der Waals surface area contributed by atoms with Crippen molar-refractivity contribution in [2.75, 3.05) is 0 Å². The van der Waals surface area contributed by atoms with Crippen LogP contribution in [-0.2, 0) is 0 Å². The van der Waals surface area contributed by atoms with Gasteiger partial charge < -0.3 is 0 Å². The van der Waals surface area contributed by atoms with Crippen molar-refractivity contribution in [2.24, 2.45) is 0 Å². The van der Waals surface area contributed by atoms with Gasteiger partial charge in [0.2, 0.25) is 0 Å². The molecule has 3 heteroatoms. The van der Waals surface area contributed by atoms with Crippen LogP contribution in [0.4, 0.5) is 0 Å². The molecule has 12 heavy (non-hydrogen) atoms. The summed E-state index contributed by atoms with van der Waals surface area (Å²) in [5, 5.41) is 1.45. The summed E-state index contributed by atoms with van der Waals surface area (Å²) in [4.78, 5) is 0. The Hall–Kier alpha value is 0.137. The fourth-order valence-electron chi connectivity index (χ4n) is 1.03. The first-order chi connectivity index (χ1) is 5.72. The SMILES string of the molecule is C=Cc1cccc([SiH2]C(Br)Br)c1. The number of alkyl halides is 2. The molecule has 0 bridgehead atoms. The fourth-order valence-corrected chi connectivity index (χ4v) is 4.25. The number of halogens is 2. The number of benzene rings is 1. The van der Waals surface area contributed by atoms with E-state index in [9.17, 15) is 0 Å². The quantitative estimate of drug-likeness (QED) is 0.593. The van der Waals surface area contributed by atoms with Crippen LogP contribution >= 0.6 is 31.9 Å². The molecule has 0 aliphatic carbocycles. The second-order valence-electron chi connectivity index (χ2n) is 2.54. The Morgan fingerprint density at radius 1 is 1.42 bits per heavy atom. The van der Waals surface area contributed by atoms with Gasteiger partial charge in [0.1, 0.15) is 0 Å². The van der Waals surface area contributed by atoms with Crippen LogP contribution in [0.15, 0.2) is 30.8 Å². The van der Waals surface area contributed by atoms with Gasteiger partial charge in [0.15, 0.2) is 0 Å². The summed E-state index contributed by atoms with van der Waals surface area (Å²) in [6.45, 7) is 3.74. The van der Waals surface area contributed by atoms with E-state index in [4.69, 9.17) is 0 Å². The van der Waals surface area contributed by atoms with Crippen LogP contribution in [0.5, 0.6) is 0 Å². The molecule has 0 N–H and O–H groups in total. The lowest BCUT2D eigenvalue weighted by Crippen LogP contribution is -2.19. The minimum Gasteiger partial charge on any atom is -0.0985 e. The molecule has 0 amide bonds. The van der Waals surface area contributed by atoms with Gasteiger partial charge in [0.05, 0.1) is 12.9 Å². The predicted octanol–water partition coefficient (Wildman–Crippen LogP) is 2.20. The van der Waals surface area contributed by atoms with Crippen LogP contribution in [0.3, 0.4) is 0 Å². The molecular weight excluding hydrogens is 296 g/mol. The third kappa shape index (κ3) is 3.25. The van der Waals surface area contributed by atoms with Crippen molar-refractivity contribution < 1.29 is 0 Å². The zero-order chi connectivity index (χ0) is 8.97. The lowest BCUT2D eigenvalue weighted by atomic mass is 10.2. The first kappa shape index (κ1) is 10.2. The van der Waals surface area contributed by atoms with Crippen molar-refractivity contribution in [2.45, 2.75) is 3.36 Å². The highest BCUT2D eigenvalue weighted by Crippen LogP contribution is 2.06. The minimum absolute atomic E-state index is 0.222. The molecule has 0 spiro atoms. The van der Waals surface area contributed by atoms with Gasteiger partial charge in [-0.1, -0.05) is 74.0 Å². The van der Waals surface area contributed by atoms with Crippen molar-refractivity contribution in [3.05, 3.63) is 36.4 Å². The van der Waals surface area contributed by atoms with E-state index in [1.54, 1.807) is 0 Å². The van der Waals surface area contributed by atoms with Gasteiger partial charge >= 0.3 is 0 Å². The molecule has 1 rings (SSSR count). The van der Waals surface area contributed by atoms with Crippen molar-refractivity contribution in [1.29, 1.82) is 0 Å². The average Bonchev–Trinajstić information content (AvgIpc) is 2.03. The van der Waals surface area contributed by atoms with E-state index in [1.807, 2.05) is 6.08 Å². The average molecular weight is 306 g/mol. The van der Waals surface area contributed by atoms with Crippen molar-refractivity contribution in [3.8, 4) is 0 Å². The highest BCUT2D eigenvalue weighted by atomic mass is 79.9. The van der Waals surface area contributed by atoms with Gasteiger partial charge in [-0.05, 0) is 5.56 Å². The molecule has 0 aliphatic heterocycles. The summed E-state index contributed by atoms with van der Waals surface area (Å²) in [7, 11) is -0.222. The van der Waals surface area contributed by atoms with Crippen LogP contribution in [0.1, 0.15) is 5.56 Å². The molecule has 1 aromatic rings. The molecule has 0 atom stereocenters. The largest absolute Gasteiger partial charge is 0.0985 e. The Kier molecular flexibility index (Phi) is 4.25. The second-order valence-corrected chi connectivity index (χ2v) is 10.4. The molecule has 0 nitrogen and oxygen atoms in total. The molecule has 0 unspecified atom stereocenters. The zero-order valence-electron chi connectivity index (χ0n) is 6.63. The summed E-state index contributed by atoms with van der Waals surface area (Å²) >= 11 is 7.02. The van der Waals surface area contributed by atoms with Gasteiger partial charge in [-0.25, -0.2) is 0 Å². The molecule has 0 heterocycles. The lowest BCUT2D eigenvalue weighted by molar-refractivity contribution is 1.70. The van der Waals surface area contributed by atoms with Gasteiger partial charge in [-0.15, -0.1) is 0 Å². The highest BCUT2D eigenvalue weighted by Gasteiger charge is 2.00. The summed E-state index contributed by atoms with van der Waals surface area (Å²) < 4.78 is 0.491. The van der Waals surface area contributed by atoms with Crippen LogP contribution in [0, 0.1) is 0 Å². The molecule has 0 fully saturated rings. The van der Waals surface area contributed by atoms with E-state index >= 15 is 0 Å². The van der Waals surface area contributed by atoms with Gasteiger partial charge in [0, 0.05) is 0 Å². The molecule has 0 radical (unpaired) electrons. The smallest absolute Gasteiger partial charge is 0.0833 e. The molecule has 0 aromatic heterocycles. The first-order valence-corrected chi connectivity index (χ1v) is 7.07. The first-order valence-electron chi connectivity index (χ1n) is 3.72. The molecular formula is C9H10Br2Si. The maximum atomic E-state index is 3.74. The number of hydrogen-bond acceptors (Lipinski definition) is 0. The Labute approximate surface area is 92.1 Å². The number of hydrogen-bond donors (Lipinski definition) is 0. The third-order valence-corrected chi connectivity index (χ3v) is 4.74. The maximum absolute atomic E-state index is 3.74. The topological polar surface area (TPSA) is 0 Å². The van der Waals surface area contributed by atoms with Crippen molar-refractivity contribution in [3.63, 3.8) is 0 Å². The summed E-state index contributed by atoms with van der Waals surface area (Å²) in [5.74, 6) is 0. The van der Waals surface area contributed by atoms with Crippen LogP contribution < -0.4 is 5.19 Å². The Morgan fingerprint density at radius 2 is 2.17 bits per heavy atom. The Balaban J connectivity index is 2.79. The summed E-state index contributed by atoms with van der Waals surface area (Å²) in [5.41, 5.74) is 1.21. The zero-order valence-corrected chi connectivity index (χ0v) is 11.2. The summed E-state index contributed by atoms with van der Waals surface area (Å²) in [6, 6.07) is 8.54.